The van der Waals surface area contributed by atoms with Gasteiger partial charge in [-0.05, 0) is 63.3 Å². The van der Waals surface area contributed by atoms with Crippen molar-refractivity contribution >= 4 is 23.8 Å². The summed E-state index contributed by atoms with van der Waals surface area (Å²) in [5.41, 5.74) is -0.651. The molecule has 6 nitrogen and oxygen atoms in total. The lowest BCUT2D eigenvalue weighted by molar-refractivity contribution is -0.137. The van der Waals surface area contributed by atoms with Crippen LogP contribution in [0, 0.1) is 0 Å². The molecule has 2 rings (SSSR count). The first kappa shape index (κ1) is 27.8. The molecule has 0 radical (unpaired) electrons. The second-order valence-corrected chi connectivity index (χ2v) is 9.09. The van der Waals surface area contributed by atoms with E-state index in [1.54, 1.807) is 24.8 Å². The average Bonchev–Trinajstić information content (AvgIpc) is 2.75. The molecule has 0 saturated carbocycles. The van der Waals surface area contributed by atoms with Gasteiger partial charge in [0.25, 0.3) is 0 Å². The number of benzene rings is 1. The zero-order chi connectivity index (χ0) is 25.6. The largest absolute Gasteiger partial charge is 0.453 e. The molecule has 1 aromatic carbocycles. The van der Waals surface area contributed by atoms with Crippen molar-refractivity contribution < 1.29 is 32.2 Å². The molecule has 1 fully saturated rings. The third kappa shape index (κ3) is 7.04. The lowest BCUT2D eigenvalue weighted by Gasteiger charge is -2.47. The SMILES string of the molecule is C=CCC1CC(N(Cc2cc(Cl)cc(C(F)(F)F)c2)C(=O)OC)CC(CC)N1C(=O)OC(C)C. The van der Waals surface area contributed by atoms with Gasteiger partial charge in [-0.2, -0.15) is 13.2 Å². The Labute approximate surface area is 203 Å². The Morgan fingerprint density at radius 1 is 1.26 bits per heavy atom. The Kier molecular flexibility index (Phi) is 9.67. The molecule has 0 aromatic heterocycles. The van der Waals surface area contributed by atoms with Crippen LogP contribution in [-0.4, -0.2) is 53.3 Å². The first-order valence-corrected chi connectivity index (χ1v) is 11.6. The van der Waals surface area contributed by atoms with Crippen LogP contribution in [0.5, 0.6) is 0 Å². The third-order valence-corrected chi connectivity index (χ3v) is 6.04. The normalized spacial score (nSPS) is 20.7. The molecule has 190 valence electrons. The highest BCUT2D eigenvalue weighted by atomic mass is 35.5. The zero-order valence-electron chi connectivity index (χ0n) is 19.9. The van der Waals surface area contributed by atoms with Crippen LogP contribution >= 0.6 is 11.6 Å². The van der Waals surface area contributed by atoms with Crippen LogP contribution in [-0.2, 0) is 22.2 Å². The van der Waals surface area contributed by atoms with E-state index in [2.05, 4.69) is 6.58 Å². The number of rotatable bonds is 7. The highest BCUT2D eigenvalue weighted by Crippen LogP contribution is 2.35. The van der Waals surface area contributed by atoms with Crippen molar-refractivity contribution in [2.24, 2.45) is 0 Å². The van der Waals surface area contributed by atoms with Gasteiger partial charge >= 0.3 is 18.4 Å². The molecule has 1 saturated heterocycles. The van der Waals surface area contributed by atoms with E-state index in [9.17, 15) is 22.8 Å². The number of hydrogen-bond acceptors (Lipinski definition) is 4. The number of ether oxygens (including phenoxy) is 2. The molecular formula is C24H32ClF3N2O4. The predicted molar refractivity (Wildman–Crippen MR) is 124 cm³/mol. The summed E-state index contributed by atoms with van der Waals surface area (Å²) >= 11 is 5.94. The minimum absolute atomic E-state index is 0.0724. The van der Waals surface area contributed by atoms with Crippen LogP contribution in [0.25, 0.3) is 0 Å². The molecular weight excluding hydrogens is 473 g/mol. The average molecular weight is 505 g/mol. The first-order valence-electron chi connectivity index (χ1n) is 11.2. The molecule has 0 aliphatic carbocycles. The van der Waals surface area contributed by atoms with E-state index in [0.717, 1.165) is 12.1 Å². The van der Waals surface area contributed by atoms with Crippen LogP contribution in [0.15, 0.2) is 30.9 Å². The number of carbonyl (C=O) groups excluding carboxylic acids is 2. The standard InChI is InChI=1S/C24H32ClF3N2O4/c1-6-8-20-13-21(12-19(7-2)30(20)23(32)34-15(3)4)29(22(31)33-5)14-16-9-17(24(26,27)28)11-18(25)10-16/h6,9-11,15,19-21H,1,7-8,12-14H2,2-5H3. The number of nitrogens with zero attached hydrogens (tertiary/aromatic N) is 2. The molecule has 0 spiro atoms. The van der Waals surface area contributed by atoms with Gasteiger partial charge in [-0.3, -0.25) is 0 Å². The van der Waals surface area contributed by atoms with Crippen molar-refractivity contribution in [3.8, 4) is 0 Å². The molecule has 1 aliphatic rings. The fourth-order valence-corrected chi connectivity index (χ4v) is 4.65. The molecule has 1 heterocycles. The van der Waals surface area contributed by atoms with Gasteiger partial charge in [0.15, 0.2) is 0 Å². The minimum atomic E-state index is -4.57. The Morgan fingerprint density at radius 3 is 2.44 bits per heavy atom. The van der Waals surface area contributed by atoms with E-state index in [0.29, 0.717) is 25.7 Å². The fraction of sp³-hybridized carbons (Fsp3) is 0.583. The Bertz CT molecular complexity index is 878. The van der Waals surface area contributed by atoms with E-state index in [1.807, 2.05) is 6.92 Å². The Morgan fingerprint density at radius 2 is 1.91 bits per heavy atom. The second-order valence-electron chi connectivity index (χ2n) is 8.65. The molecule has 3 unspecified atom stereocenters. The molecule has 1 aromatic rings. The molecule has 34 heavy (non-hydrogen) atoms. The van der Waals surface area contributed by atoms with Crippen LogP contribution in [0.3, 0.4) is 0 Å². The predicted octanol–water partition coefficient (Wildman–Crippen LogP) is 6.66. The van der Waals surface area contributed by atoms with Crippen molar-refractivity contribution in [3.63, 3.8) is 0 Å². The first-order chi connectivity index (χ1) is 15.9. The summed E-state index contributed by atoms with van der Waals surface area (Å²) in [6.07, 6.45) is -2.33. The quantitative estimate of drug-likeness (QED) is 0.389. The van der Waals surface area contributed by atoms with E-state index in [-0.39, 0.29) is 41.4 Å². The fourth-order valence-electron chi connectivity index (χ4n) is 4.39. The van der Waals surface area contributed by atoms with Crippen molar-refractivity contribution in [2.75, 3.05) is 7.11 Å². The number of amides is 2. The Hall–Kier alpha value is -2.42. The van der Waals surface area contributed by atoms with Crippen LogP contribution in [0.1, 0.15) is 57.6 Å². The van der Waals surface area contributed by atoms with E-state index in [4.69, 9.17) is 21.1 Å². The Balaban J connectivity index is 2.38. The van der Waals surface area contributed by atoms with E-state index in [1.165, 1.54) is 18.1 Å². The van der Waals surface area contributed by atoms with Crippen LogP contribution < -0.4 is 0 Å². The van der Waals surface area contributed by atoms with Crippen molar-refractivity contribution in [1.82, 2.24) is 9.80 Å². The molecule has 2 amide bonds. The molecule has 10 heteroatoms. The molecule has 0 bridgehead atoms. The van der Waals surface area contributed by atoms with Crippen LogP contribution in [0.2, 0.25) is 5.02 Å². The van der Waals surface area contributed by atoms with Gasteiger partial charge in [0.2, 0.25) is 0 Å². The number of halogens is 4. The summed E-state index contributed by atoms with van der Waals surface area (Å²) in [5, 5.41) is -0.0724. The van der Waals surface area contributed by atoms with Gasteiger partial charge < -0.3 is 19.3 Å². The van der Waals surface area contributed by atoms with Gasteiger partial charge in [0.1, 0.15) is 0 Å². The highest BCUT2D eigenvalue weighted by Gasteiger charge is 2.42. The third-order valence-electron chi connectivity index (χ3n) is 5.82. The summed E-state index contributed by atoms with van der Waals surface area (Å²) in [5.74, 6) is 0. The van der Waals surface area contributed by atoms with Gasteiger partial charge in [-0.15, -0.1) is 6.58 Å². The maximum Gasteiger partial charge on any atom is 0.416 e. The topological polar surface area (TPSA) is 59.1 Å². The number of alkyl halides is 3. The number of methoxy groups -OCH3 is 1. The summed E-state index contributed by atoms with van der Waals surface area (Å²) in [7, 11) is 1.22. The maximum absolute atomic E-state index is 13.3. The van der Waals surface area contributed by atoms with Gasteiger partial charge in [-0.25, -0.2) is 9.59 Å². The van der Waals surface area contributed by atoms with E-state index < -0.39 is 23.9 Å². The minimum Gasteiger partial charge on any atom is -0.453 e. The lowest BCUT2D eigenvalue weighted by atomic mass is 9.87. The van der Waals surface area contributed by atoms with Crippen molar-refractivity contribution in [2.45, 2.75) is 83.4 Å². The van der Waals surface area contributed by atoms with Gasteiger partial charge in [0, 0.05) is 29.7 Å². The van der Waals surface area contributed by atoms with Gasteiger partial charge in [-0.1, -0.05) is 24.6 Å². The highest BCUT2D eigenvalue weighted by molar-refractivity contribution is 6.30. The number of piperidine rings is 1. The lowest BCUT2D eigenvalue weighted by Crippen LogP contribution is -2.57. The number of carbonyl (C=O) groups is 2. The summed E-state index contributed by atoms with van der Waals surface area (Å²) < 4.78 is 50.3. The summed E-state index contributed by atoms with van der Waals surface area (Å²) in [4.78, 5) is 28.7. The van der Waals surface area contributed by atoms with Crippen LogP contribution in [0.4, 0.5) is 22.8 Å². The smallest absolute Gasteiger partial charge is 0.416 e. The van der Waals surface area contributed by atoms with Gasteiger partial charge in [0.05, 0.1) is 18.8 Å². The molecule has 0 N–H and O–H groups in total. The molecule has 3 atom stereocenters. The second kappa shape index (κ2) is 11.8. The number of likely N-dealkylation sites (tertiary alicyclic amines) is 1. The zero-order valence-corrected chi connectivity index (χ0v) is 20.7. The monoisotopic (exact) mass is 504 g/mol. The van der Waals surface area contributed by atoms with Crippen molar-refractivity contribution in [1.29, 1.82) is 0 Å². The van der Waals surface area contributed by atoms with E-state index >= 15 is 0 Å². The molecule has 1 aliphatic heterocycles. The summed E-state index contributed by atoms with van der Waals surface area (Å²) in [6, 6.07) is 2.34. The maximum atomic E-state index is 13.3. The number of hydrogen-bond donors (Lipinski definition) is 0. The summed E-state index contributed by atoms with van der Waals surface area (Å²) in [6.45, 7) is 9.15. The van der Waals surface area contributed by atoms with Crippen molar-refractivity contribution in [3.05, 3.63) is 47.0 Å².